The van der Waals surface area contributed by atoms with Crippen LogP contribution in [0, 0.1) is 11.3 Å². The molecule has 2 nitrogen and oxygen atoms in total. The molecule has 4 heteroatoms. The van der Waals surface area contributed by atoms with E-state index < -0.39 is 0 Å². The smallest absolute Gasteiger partial charge is 0.0625 e. The number of benzene rings is 2. The highest BCUT2D eigenvalue weighted by Gasteiger charge is 2.28. The lowest BCUT2D eigenvalue weighted by atomic mass is 9.77. The van der Waals surface area contributed by atoms with E-state index in [1.807, 2.05) is 36.4 Å². The number of rotatable bonds is 6. The first-order valence-corrected chi connectivity index (χ1v) is 10.5. The zero-order valence-electron chi connectivity index (χ0n) is 16.7. The van der Waals surface area contributed by atoms with E-state index in [0.717, 1.165) is 29.8 Å². The summed E-state index contributed by atoms with van der Waals surface area (Å²) in [6.07, 6.45) is 6.36. The number of hydrogen-bond acceptors (Lipinski definition) is 2. The number of allylic oxidation sites excluding steroid dienone is 5. The Bertz CT molecular complexity index is 1010. The molecule has 0 fully saturated rings. The lowest BCUT2D eigenvalue weighted by Gasteiger charge is -2.33. The fourth-order valence-electron chi connectivity index (χ4n) is 3.86. The molecule has 0 amide bonds. The van der Waals surface area contributed by atoms with Gasteiger partial charge < -0.3 is 5.32 Å². The van der Waals surface area contributed by atoms with Crippen LogP contribution in [-0.4, -0.2) is 0 Å². The Morgan fingerprint density at radius 1 is 1.00 bits per heavy atom. The maximum Gasteiger partial charge on any atom is 0.0625 e. The van der Waals surface area contributed by atoms with E-state index in [9.17, 15) is 0 Å². The maximum absolute atomic E-state index is 9.15. The number of halogens is 2. The molecule has 0 spiro atoms. The molecule has 1 atom stereocenters. The van der Waals surface area contributed by atoms with Crippen molar-refractivity contribution in [2.24, 2.45) is 0 Å². The van der Waals surface area contributed by atoms with E-state index in [2.05, 4.69) is 49.5 Å². The predicted molar refractivity (Wildman–Crippen MR) is 123 cm³/mol. The molecule has 1 aliphatic rings. The molecule has 2 aromatic rings. The number of hydrogen-bond donors (Lipinski definition) is 1. The van der Waals surface area contributed by atoms with Crippen LogP contribution in [0.3, 0.4) is 0 Å². The van der Waals surface area contributed by atoms with Crippen molar-refractivity contribution < 1.29 is 0 Å². The molecule has 3 rings (SSSR count). The Balaban J connectivity index is 1.98. The molecule has 148 valence electrons. The summed E-state index contributed by atoms with van der Waals surface area (Å²) < 4.78 is 0. The Morgan fingerprint density at radius 3 is 2.41 bits per heavy atom. The molecule has 29 heavy (non-hydrogen) atoms. The minimum absolute atomic E-state index is 0.0831. The zero-order valence-corrected chi connectivity index (χ0v) is 18.2. The second kappa shape index (κ2) is 9.83. The number of nitrogens with zero attached hydrogens (tertiary/aromatic N) is 1. The van der Waals surface area contributed by atoms with Gasteiger partial charge in [0.15, 0.2) is 0 Å². The summed E-state index contributed by atoms with van der Waals surface area (Å²) in [4.78, 5) is 0. The van der Waals surface area contributed by atoms with Crippen molar-refractivity contribution in [3.63, 3.8) is 0 Å². The van der Waals surface area contributed by atoms with Crippen molar-refractivity contribution in [3.05, 3.63) is 98.3 Å². The lowest BCUT2D eigenvalue weighted by Crippen LogP contribution is -2.24. The van der Waals surface area contributed by atoms with Gasteiger partial charge in [-0.15, -0.1) is 0 Å². The molecule has 0 aliphatic carbocycles. The van der Waals surface area contributed by atoms with Crippen LogP contribution in [0.1, 0.15) is 50.2 Å². The summed E-state index contributed by atoms with van der Waals surface area (Å²) in [5.41, 5.74) is 7.07. The quantitative estimate of drug-likeness (QED) is 0.518. The number of nitrogens with one attached hydrogen (secondary N) is 1. The van der Waals surface area contributed by atoms with Gasteiger partial charge >= 0.3 is 0 Å². The van der Waals surface area contributed by atoms with Crippen molar-refractivity contribution in [3.8, 4) is 6.07 Å². The van der Waals surface area contributed by atoms with Crippen molar-refractivity contribution in [2.45, 2.75) is 39.0 Å². The van der Waals surface area contributed by atoms with Crippen LogP contribution < -0.4 is 5.32 Å². The lowest BCUT2D eigenvalue weighted by molar-refractivity contribution is 0.714. The minimum Gasteiger partial charge on any atom is -0.363 e. The third kappa shape index (κ3) is 5.12. The Labute approximate surface area is 183 Å². The fourth-order valence-corrected chi connectivity index (χ4v) is 4.17. The maximum atomic E-state index is 9.15. The number of nitriles is 1. The van der Waals surface area contributed by atoms with Gasteiger partial charge in [-0.3, -0.25) is 0 Å². The van der Waals surface area contributed by atoms with Gasteiger partial charge in [0, 0.05) is 23.7 Å². The highest BCUT2D eigenvalue weighted by Crippen LogP contribution is 2.42. The molecular formula is C25H24Cl2N2. The van der Waals surface area contributed by atoms with Crippen LogP contribution in [0.4, 0.5) is 0 Å². The van der Waals surface area contributed by atoms with Gasteiger partial charge in [0.25, 0.3) is 0 Å². The highest BCUT2D eigenvalue weighted by atomic mass is 35.5. The van der Waals surface area contributed by atoms with E-state index in [1.54, 1.807) is 0 Å². The molecule has 0 radical (unpaired) electrons. The third-order valence-electron chi connectivity index (χ3n) is 5.27. The molecule has 1 heterocycles. The van der Waals surface area contributed by atoms with Crippen LogP contribution in [0.15, 0.2) is 77.1 Å². The SMILES string of the molecule is CC1=C(CC=Cc2ccccc2)C(c2ccc(Cl)c(Cl)c2)C(CCC#N)=C(C)N1. The van der Waals surface area contributed by atoms with E-state index in [0.29, 0.717) is 16.5 Å². The van der Waals surface area contributed by atoms with Crippen LogP contribution in [0.2, 0.25) is 10.0 Å². The summed E-state index contributed by atoms with van der Waals surface area (Å²) in [7, 11) is 0. The summed E-state index contributed by atoms with van der Waals surface area (Å²) in [6, 6.07) is 18.4. The zero-order chi connectivity index (χ0) is 20.8. The van der Waals surface area contributed by atoms with Crippen LogP contribution >= 0.6 is 23.2 Å². The van der Waals surface area contributed by atoms with E-state index in [-0.39, 0.29) is 5.92 Å². The molecule has 0 saturated carbocycles. The average Bonchev–Trinajstić information content (AvgIpc) is 2.71. The second-order valence-electron chi connectivity index (χ2n) is 7.21. The first-order valence-electron chi connectivity index (χ1n) is 9.71. The van der Waals surface area contributed by atoms with Gasteiger partial charge in [-0.1, -0.05) is 71.8 Å². The van der Waals surface area contributed by atoms with Gasteiger partial charge in [-0.25, -0.2) is 0 Å². The van der Waals surface area contributed by atoms with Crippen LogP contribution in [-0.2, 0) is 0 Å². The van der Waals surface area contributed by atoms with Gasteiger partial charge in [0.2, 0.25) is 0 Å². The van der Waals surface area contributed by atoms with Gasteiger partial charge in [-0.05, 0) is 61.1 Å². The summed E-state index contributed by atoms with van der Waals surface area (Å²) in [6.45, 7) is 4.19. The van der Waals surface area contributed by atoms with E-state index in [1.165, 1.54) is 16.7 Å². The van der Waals surface area contributed by atoms with E-state index >= 15 is 0 Å². The second-order valence-corrected chi connectivity index (χ2v) is 8.02. The molecule has 1 aliphatic heterocycles. The number of dihydropyridines is 1. The van der Waals surface area contributed by atoms with Gasteiger partial charge in [0.1, 0.15) is 0 Å². The Kier molecular flexibility index (Phi) is 7.20. The summed E-state index contributed by atoms with van der Waals surface area (Å²) >= 11 is 12.5. The topological polar surface area (TPSA) is 35.8 Å². The van der Waals surface area contributed by atoms with Crippen molar-refractivity contribution in [1.29, 1.82) is 5.26 Å². The van der Waals surface area contributed by atoms with Crippen molar-refractivity contribution in [1.82, 2.24) is 5.32 Å². The third-order valence-corrected chi connectivity index (χ3v) is 6.01. The van der Waals surface area contributed by atoms with Gasteiger partial charge in [-0.2, -0.15) is 5.26 Å². The molecule has 0 bridgehead atoms. The standard InChI is InChI=1S/C25H24Cl2N2/c1-17-21(11-6-10-19-8-4-3-5-9-19)25(20-13-14-23(26)24(27)16-20)22(12-7-15-28)18(2)29-17/h3-6,8-10,13-14,16,25,29H,7,11-12H2,1-2H3. The summed E-state index contributed by atoms with van der Waals surface area (Å²) in [5.74, 6) is 0.0831. The average molecular weight is 423 g/mol. The monoisotopic (exact) mass is 422 g/mol. The first kappa shape index (κ1) is 21.2. The predicted octanol–water partition coefficient (Wildman–Crippen LogP) is 7.64. The molecule has 0 aromatic heterocycles. The van der Waals surface area contributed by atoms with Crippen molar-refractivity contribution >= 4 is 29.3 Å². The van der Waals surface area contributed by atoms with Crippen LogP contribution in [0.5, 0.6) is 0 Å². The largest absolute Gasteiger partial charge is 0.363 e. The normalized spacial score (nSPS) is 16.9. The van der Waals surface area contributed by atoms with E-state index in [4.69, 9.17) is 28.5 Å². The summed E-state index contributed by atoms with van der Waals surface area (Å²) in [5, 5.41) is 13.8. The first-order chi connectivity index (χ1) is 14.0. The molecule has 2 aromatic carbocycles. The van der Waals surface area contributed by atoms with Crippen LogP contribution in [0.25, 0.3) is 6.08 Å². The molecule has 1 unspecified atom stereocenters. The van der Waals surface area contributed by atoms with Crippen molar-refractivity contribution in [2.75, 3.05) is 0 Å². The molecule has 1 N–H and O–H groups in total. The fraction of sp³-hybridized carbons (Fsp3) is 0.240. The Morgan fingerprint density at radius 2 is 1.72 bits per heavy atom. The minimum atomic E-state index is 0.0831. The highest BCUT2D eigenvalue weighted by molar-refractivity contribution is 6.42. The Hall–Kier alpha value is -2.47. The molecular weight excluding hydrogens is 399 g/mol. The molecule has 0 saturated heterocycles. The van der Waals surface area contributed by atoms with Gasteiger partial charge in [0.05, 0.1) is 16.1 Å².